The first-order chi connectivity index (χ1) is 15.6. The largest absolute Gasteiger partial charge is 0.467 e. The highest BCUT2D eigenvalue weighted by Gasteiger charge is 2.23. The number of carbonyl (C=O) groups is 1. The molecule has 0 bridgehead atoms. The van der Waals surface area contributed by atoms with Crippen molar-refractivity contribution in [2.75, 3.05) is 11.1 Å². The van der Waals surface area contributed by atoms with Crippen LogP contribution in [0.1, 0.15) is 34.6 Å². The third kappa shape index (κ3) is 4.25. The molecule has 5 rings (SSSR count). The average molecular weight is 466 g/mol. The lowest BCUT2D eigenvalue weighted by molar-refractivity contribution is -0.113. The second-order valence-electron chi connectivity index (χ2n) is 7.96. The molecular weight excluding hydrogens is 442 g/mol. The van der Waals surface area contributed by atoms with Crippen LogP contribution in [-0.2, 0) is 24.2 Å². The summed E-state index contributed by atoms with van der Waals surface area (Å²) in [5.74, 6) is 0.711. The Bertz CT molecular complexity index is 1340. The molecule has 1 aliphatic carbocycles. The molecule has 6 nitrogen and oxygen atoms in total. The van der Waals surface area contributed by atoms with Gasteiger partial charge in [0.25, 0.3) is 5.56 Å². The lowest BCUT2D eigenvalue weighted by atomic mass is 9.97. The number of amides is 1. The van der Waals surface area contributed by atoms with E-state index in [9.17, 15) is 9.59 Å². The minimum absolute atomic E-state index is 0.0487. The average Bonchev–Trinajstić information content (AvgIpc) is 3.42. The van der Waals surface area contributed by atoms with Crippen LogP contribution in [0.4, 0.5) is 5.69 Å². The molecule has 0 fully saturated rings. The van der Waals surface area contributed by atoms with Crippen molar-refractivity contribution in [1.29, 1.82) is 0 Å². The molecule has 4 aromatic rings. The van der Waals surface area contributed by atoms with Crippen molar-refractivity contribution in [3.63, 3.8) is 0 Å². The fourth-order valence-electron chi connectivity index (χ4n) is 4.08. The van der Waals surface area contributed by atoms with E-state index in [1.807, 2.05) is 37.3 Å². The summed E-state index contributed by atoms with van der Waals surface area (Å²) in [7, 11) is 0. The molecule has 0 atom stereocenters. The Morgan fingerprint density at radius 3 is 2.94 bits per heavy atom. The van der Waals surface area contributed by atoms with Crippen LogP contribution in [0.15, 0.2) is 57.0 Å². The van der Waals surface area contributed by atoms with E-state index in [1.165, 1.54) is 16.6 Å². The van der Waals surface area contributed by atoms with Crippen molar-refractivity contribution in [2.24, 2.45) is 0 Å². The second-order valence-corrected chi connectivity index (χ2v) is 9.99. The van der Waals surface area contributed by atoms with Crippen LogP contribution in [0.5, 0.6) is 0 Å². The van der Waals surface area contributed by atoms with Crippen LogP contribution in [0.2, 0.25) is 0 Å². The Labute approximate surface area is 193 Å². The predicted octanol–water partition coefficient (Wildman–Crippen LogP) is 5.02. The van der Waals surface area contributed by atoms with Crippen molar-refractivity contribution in [1.82, 2.24) is 9.55 Å². The SMILES string of the molecule is Cc1cccc(NC(=O)CSc2nc3sc4c(c3c(=O)n2Cc2ccco2)CCCC4)c1. The smallest absolute Gasteiger partial charge is 0.263 e. The lowest BCUT2D eigenvalue weighted by Crippen LogP contribution is -2.25. The van der Waals surface area contributed by atoms with Gasteiger partial charge in [0.1, 0.15) is 10.6 Å². The number of hydrogen-bond acceptors (Lipinski definition) is 6. The Balaban J connectivity index is 1.46. The highest BCUT2D eigenvalue weighted by atomic mass is 32.2. The van der Waals surface area contributed by atoms with Gasteiger partial charge in [-0.2, -0.15) is 0 Å². The normalized spacial score (nSPS) is 13.3. The van der Waals surface area contributed by atoms with Crippen LogP contribution in [-0.4, -0.2) is 21.2 Å². The molecule has 1 aliphatic rings. The maximum Gasteiger partial charge on any atom is 0.263 e. The maximum absolute atomic E-state index is 13.6. The first-order valence-electron chi connectivity index (χ1n) is 10.7. The van der Waals surface area contributed by atoms with Gasteiger partial charge in [-0.1, -0.05) is 23.9 Å². The zero-order valence-electron chi connectivity index (χ0n) is 17.7. The zero-order valence-corrected chi connectivity index (χ0v) is 19.4. The number of thiophene rings is 1. The molecule has 0 unspecified atom stereocenters. The van der Waals surface area contributed by atoms with Gasteiger partial charge < -0.3 is 9.73 Å². The highest BCUT2D eigenvalue weighted by Crippen LogP contribution is 2.34. The second kappa shape index (κ2) is 8.96. The molecule has 0 saturated carbocycles. The fourth-order valence-corrected chi connectivity index (χ4v) is 6.18. The lowest BCUT2D eigenvalue weighted by Gasteiger charge is -2.13. The van der Waals surface area contributed by atoms with Crippen molar-refractivity contribution in [2.45, 2.75) is 44.3 Å². The zero-order chi connectivity index (χ0) is 22.1. The van der Waals surface area contributed by atoms with Crippen molar-refractivity contribution in [3.8, 4) is 0 Å². The number of hydrogen-bond donors (Lipinski definition) is 1. The Morgan fingerprint density at radius 2 is 2.12 bits per heavy atom. The summed E-state index contributed by atoms with van der Waals surface area (Å²) in [5.41, 5.74) is 2.96. The number of aromatic nitrogens is 2. The molecule has 164 valence electrons. The van der Waals surface area contributed by atoms with E-state index in [1.54, 1.807) is 28.2 Å². The van der Waals surface area contributed by atoms with Gasteiger partial charge in [-0.3, -0.25) is 14.2 Å². The molecule has 8 heteroatoms. The third-order valence-corrected chi connectivity index (χ3v) is 7.73. The van der Waals surface area contributed by atoms with Gasteiger partial charge in [-0.15, -0.1) is 11.3 Å². The van der Waals surface area contributed by atoms with E-state index >= 15 is 0 Å². The van der Waals surface area contributed by atoms with Crippen molar-refractivity contribution < 1.29 is 9.21 Å². The van der Waals surface area contributed by atoms with E-state index in [0.29, 0.717) is 17.5 Å². The molecular formula is C24H23N3O3S2. The molecule has 1 amide bonds. The van der Waals surface area contributed by atoms with Crippen LogP contribution in [0, 0.1) is 6.92 Å². The molecule has 32 heavy (non-hydrogen) atoms. The number of nitrogens with zero attached hydrogens (tertiary/aromatic N) is 2. The monoisotopic (exact) mass is 465 g/mol. The van der Waals surface area contributed by atoms with Crippen LogP contribution < -0.4 is 10.9 Å². The van der Waals surface area contributed by atoms with Gasteiger partial charge in [-0.25, -0.2) is 4.98 Å². The first-order valence-corrected chi connectivity index (χ1v) is 12.5. The molecule has 0 saturated heterocycles. The minimum atomic E-state index is -0.134. The van der Waals surface area contributed by atoms with E-state index in [0.717, 1.165) is 52.7 Å². The highest BCUT2D eigenvalue weighted by molar-refractivity contribution is 7.99. The standard InChI is InChI=1S/C24H23N3O3S2/c1-15-6-4-7-16(12-15)25-20(28)14-31-24-26-22-21(18-9-2-3-10-19(18)32-22)23(29)27(24)13-17-8-5-11-30-17/h4-8,11-12H,2-3,9-10,13-14H2,1H3,(H,25,28). The van der Waals surface area contributed by atoms with Crippen LogP contribution in [0.3, 0.4) is 0 Å². The molecule has 3 heterocycles. The molecule has 1 N–H and O–H groups in total. The van der Waals surface area contributed by atoms with E-state index in [2.05, 4.69) is 5.32 Å². The van der Waals surface area contributed by atoms with Gasteiger partial charge in [0.05, 0.1) is 23.9 Å². The molecule has 0 aliphatic heterocycles. The van der Waals surface area contributed by atoms with Crippen molar-refractivity contribution >= 4 is 44.9 Å². The summed E-state index contributed by atoms with van der Waals surface area (Å²) in [4.78, 5) is 33.0. The minimum Gasteiger partial charge on any atom is -0.467 e. The fraction of sp³-hybridized carbons (Fsp3) is 0.292. The van der Waals surface area contributed by atoms with Gasteiger partial charge in [0, 0.05) is 10.6 Å². The Morgan fingerprint density at radius 1 is 1.25 bits per heavy atom. The molecule has 1 aromatic carbocycles. The van der Waals surface area contributed by atoms with Crippen LogP contribution >= 0.6 is 23.1 Å². The number of thioether (sulfide) groups is 1. The van der Waals surface area contributed by atoms with E-state index in [4.69, 9.17) is 9.40 Å². The summed E-state index contributed by atoms with van der Waals surface area (Å²) in [6.07, 6.45) is 5.79. The predicted molar refractivity (Wildman–Crippen MR) is 129 cm³/mol. The number of benzene rings is 1. The number of rotatable bonds is 6. The van der Waals surface area contributed by atoms with Crippen LogP contribution in [0.25, 0.3) is 10.2 Å². The number of anilines is 1. The Kier molecular flexibility index (Phi) is 5.89. The number of furan rings is 1. The van der Waals surface area contributed by atoms with Gasteiger partial charge >= 0.3 is 0 Å². The number of carbonyl (C=O) groups excluding carboxylic acids is 1. The third-order valence-electron chi connectivity index (χ3n) is 5.57. The summed E-state index contributed by atoms with van der Waals surface area (Å²) in [6, 6.07) is 11.3. The summed E-state index contributed by atoms with van der Waals surface area (Å²) < 4.78 is 7.14. The van der Waals surface area contributed by atoms with Crippen molar-refractivity contribution in [3.05, 3.63) is 74.8 Å². The molecule has 0 spiro atoms. The topological polar surface area (TPSA) is 77.1 Å². The summed E-state index contributed by atoms with van der Waals surface area (Å²) in [5, 5.41) is 4.20. The molecule has 0 radical (unpaired) electrons. The Hall–Kier alpha value is -2.84. The number of aryl methyl sites for hydroxylation is 3. The van der Waals surface area contributed by atoms with Gasteiger partial charge in [0.15, 0.2) is 5.16 Å². The quantitative estimate of drug-likeness (QED) is 0.320. The van der Waals surface area contributed by atoms with E-state index in [-0.39, 0.29) is 17.2 Å². The molecule has 3 aromatic heterocycles. The number of fused-ring (bicyclic) bond motifs is 3. The van der Waals surface area contributed by atoms with Gasteiger partial charge in [-0.05, 0) is 68.0 Å². The first kappa shape index (κ1) is 21.0. The van der Waals surface area contributed by atoms with E-state index < -0.39 is 0 Å². The maximum atomic E-state index is 13.6. The summed E-state index contributed by atoms with van der Waals surface area (Å²) >= 11 is 2.90. The summed E-state index contributed by atoms with van der Waals surface area (Å²) in [6.45, 7) is 2.28. The van der Waals surface area contributed by atoms with Gasteiger partial charge in [0.2, 0.25) is 5.91 Å². The number of nitrogens with one attached hydrogen (secondary N) is 1.